The van der Waals surface area contributed by atoms with Crippen LogP contribution in [0.25, 0.3) is 0 Å². The normalized spacial score (nSPS) is 18.0. The lowest BCUT2D eigenvalue weighted by molar-refractivity contribution is 0.0520. The van der Waals surface area contributed by atoms with Crippen molar-refractivity contribution in [3.63, 3.8) is 0 Å². The van der Waals surface area contributed by atoms with Gasteiger partial charge in [0.2, 0.25) is 0 Å². The minimum absolute atomic E-state index is 0.0522. The Bertz CT molecular complexity index is 674. The van der Waals surface area contributed by atoms with Crippen molar-refractivity contribution in [2.75, 3.05) is 13.1 Å². The van der Waals surface area contributed by atoms with Gasteiger partial charge >= 0.3 is 6.01 Å². The van der Waals surface area contributed by atoms with E-state index in [0.717, 1.165) is 40.7 Å². The molecule has 0 bridgehead atoms. The minimum Gasteiger partial charge on any atom is -0.458 e. The summed E-state index contributed by atoms with van der Waals surface area (Å²) >= 11 is 4.85. The molecule has 7 heteroatoms. The fourth-order valence-electron chi connectivity index (χ4n) is 2.54. The fourth-order valence-corrected chi connectivity index (χ4v) is 3.93. The van der Waals surface area contributed by atoms with Crippen LogP contribution in [0.3, 0.4) is 0 Å². The van der Waals surface area contributed by atoms with Crippen molar-refractivity contribution in [3.05, 3.63) is 38.8 Å². The third-order valence-electron chi connectivity index (χ3n) is 3.81. The van der Waals surface area contributed by atoms with Gasteiger partial charge in [-0.1, -0.05) is 6.92 Å². The zero-order chi connectivity index (χ0) is 16.2. The summed E-state index contributed by atoms with van der Waals surface area (Å²) in [6.45, 7) is 3.41. The minimum atomic E-state index is -0.0522. The molecule has 2 aromatic heterocycles. The molecule has 1 atom stereocenters. The van der Waals surface area contributed by atoms with Crippen LogP contribution < -0.4 is 4.74 Å². The van der Waals surface area contributed by atoms with Crippen molar-refractivity contribution < 1.29 is 9.53 Å². The van der Waals surface area contributed by atoms with Crippen LogP contribution in [0, 0.1) is 0 Å². The highest BCUT2D eigenvalue weighted by Gasteiger charge is 2.27. The summed E-state index contributed by atoms with van der Waals surface area (Å²) in [4.78, 5) is 23.6. The van der Waals surface area contributed by atoms with Gasteiger partial charge in [-0.05, 0) is 46.8 Å². The molecule has 2 aromatic rings. The van der Waals surface area contributed by atoms with Crippen molar-refractivity contribution in [1.82, 2.24) is 14.9 Å². The first-order valence-electron chi connectivity index (χ1n) is 7.66. The van der Waals surface area contributed by atoms with Crippen LogP contribution in [-0.2, 0) is 6.42 Å². The summed E-state index contributed by atoms with van der Waals surface area (Å²) in [7, 11) is 0. The Morgan fingerprint density at radius 2 is 2.26 bits per heavy atom. The zero-order valence-electron chi connectivity index (χ0n) is 12.9. The number of piperidine rings is 1. The van der Waals surface area contributed by atoms with Crippen LogP contribution in [0.5, 0.6) is 6.01 Å². The molecule has 1 aliphatic heterocycles. The number of nitrogens with zero attached hydrogens (tertiary/aromatic N) is 3. The molecule has 3 rings (SSSR count). The van der Waals surface area contributed by atoms with Crippen molar-refractivity contribution in [3.8, 4) is 6.01 Å². The van der Waals surface area contributed by atoms with E-state index in [1.54, 1.807) is 12.4 Å². The number of carbonyl (C=O) groups is 1. The summed E-state index contributed by atoms with van der Waals surface area (Å²) in [6.07, 6.45) is 6.27. The third kappa shape index (κ3) is 4.09. The van der Waals surface area contributed by atoms with Crippen molar-refractivity contribution in [2.24, 2.45) is 0 Å². The van der Waals surface area contributed by atoms with Gasteiger partial charge in [0, 0.05) is 28.8 Å². The summed E-state index contributed by atoms with van der Waals surface area (Å²) < 4.78 is 6.80. The molecule has 1 saturated heterocycles. The Morgan fingerprint density at radius 3 is 2.91 bits per heavy atom. The molecule has 23 heavy (non-hydrogen) atoms. The van der Waals surface area contributed by atoms with E-state index in [9.17, 15) is 4.79 Å². The lowest BCUT2D eigenvalue weighted by atomic mass is 10.1. The molecule has 0 aromatic carbocycles. The van der Waals surface area contributed by atoms with Crippen molar-refractivity contribution in [2.45, 2.75) is 32.3 Å². The second kappa shape index (κ2) is 7.40. The largest absolute Gasteiger partial charge is 0.458 e. The predicted molar refractivity (Wildman–Crippen MR) is 93.0 cm³/mol. The number of rotatable bonds is 4. The number of hydrogen-bond donors (Lipinski definition) is 0. The number of aryl methyl sites for hydroxylation is 1. The summed E-state index contributed by atoms with van der Waals surface area (Å²) in [5.41, 5.74) is 1.08. The SMILES string of the molecule is CCc1cnc(OC2CCCN(C(=O)c3cc(Br)cs3)C2)nc1. The summed E-state index contributed by atoms with van der Waals surface area (Å²) in [5.74, 6) is 0.0660. The first-order valence-corrected chi connectivity index (χ1v) is 9.34. The quantitative estimate of drug-likeness (QED) is 0.793. The summed E-state index contributed by atoms with van der Waals surface area (Å²) in [6, 6.07) is 2.25. The van der Waals surface area contributed by atoms with Crippen molar-refractivity contribution in [1.29, 1.82) is 0 Å². The van der Waals surface area contributed by atoms with Crippen LogP contribution in [0.4, 0.5) is 0 Å². The number of thiophene rings is 1. The van der Waals surface area contributed by atoms with E-state index in [2.05, 4.69) is 32.8 Å². The van der Waals surface area contributed by atoms with Crippen LogP contribution in [-0.4, -0.2) is 40.0 Å². The van der Waals surface area contributed by atoms with E-state index in [1.807, 2.05) is 16.3 Å². The molecule has 122 valence electrons. The lowest BCUT2D eigenvalue weighted by Gasteiger charge is -2.32. The monoisotopic (exact) mass is 395 g/mol. The Hall–Kier alpha value is -1.47. The molecule has 0 spiro atoms. The van der Waals surface area contributed by atoms with E-state index in [4.69, 9.17) is 4.74 Å². The maximum atomic E-state index is 12.5. The standard InChI is InChI=1S/C16H18BrN3O2S/c1-2-11-7-18-16(19-8-11)22-13-4-3-5-20(9-13)15(21)14-6-12(17)10-23-14/h6-8,10,13H,2-5,9H2,1H3. The lowest BCUT2D eigenvalue weighted by Crippen LogP contribution is -2.44. The molecule has 0 saturated carbocycles. The first kappa shape index (κ1) is 16.4. The van der Waals surface area contributed by atoms with Gasteiger partial charge in [0.25, 0.3) is 5.91 Å². The van der Waals surface area contributed by atoms with Gasteiger partial charge in [0.05, 0.1) is 11.4 Å². The maximum Gasteiger partial charge on any atom is 0.316 e. The fraction of sp³-hybridized carbons (Fsp3) is 0.438. The van der Waals surface area contributed by atoms with Gasteiger partial charge in [-0.3, -0.25) is 4.79 Å². The molecular formula is C16H18BrN3O2S. The van der Waals surface area contributed by atoms with E-state index in [1.165, 1.54) is 11.3 Å². The average Bonchev–Trinajstić information content (AvgIpc) is 3.01. The van der Waals surface area contributed by atoms with Gasteiger partial charge in [0.15, 0.2) is 0 Å². The molecule has 3 heterocycles. The Balaban J connectivity index is 1.62. The highest BCUT2D eigenvalue weighted by Crippen LogP contribution is 2.23. The number of hydrogen-bond acceptors (Lipinski definition) is 5. The van der Waals surface area contributed by atoms with Gasteiger partial charge in [-0.25, -0.2) is 9.97 Å². The maximum absolute atomic E-state index is 12.5. The molecule has 1 amide bonds. The number of likely N-dealkylation sites (tertiary alicyclic amines) is 1. The number of amides is 1. The van der Waals surface area contributed by atoms with Crippen LogP contribution >= 0.6 is 27.3 Å². The molecule has 1 aliphatic rings. The third-order valence-corrected chi connectivity index (χ3v) is 5.48. The van der Waals surface area contributed by atoms with Crippen LogP contribution in [0.2, 0.25) is 0 Å². The van der Waals surface area contributed by atoms with E-state index < -0.39 is 0 Å². The van der Waals surface area contributed by atoms with Gasteiger partial charge in [-0.15, -0.1) is 11.3 Å². The number of ether oxygens (including phenoxy) is 1. The van der Waals surface area contributed by atoms with E-state index >= 15 is 0 Å². The predicted octanol–water partition coefficient (Wildman–Crippen LogP) is 3.55. The molecule has 5 nitrogen and oxygen atoms in total. The Kier molecular flexibility index (Phi) is 5.27. The molecular weight excluding hydrogens is 378 g/mol. The molecule has 0 radical (unpaired) electrons. The summed E-state index contributed by atoms with van der Waals surface area (Å²) in [5, 5.41) is 1.92. The second-order valence-corrected chi connectivity index (χ2v) is 7.32. The van der Waals surface area contributed by atoms with Crippen LogP contribution in [0.1, 0.15) is 35.0 Å². The number of aromatic nitrogens is 2. The van der Waals surface area contributed by atoms with Gasteiger partial charge in [0.1, 0.15) is 6.10 Å². The molecule has 1 unspecified atom stereocenters. The number of carbonyl (C=O) groups excluding carboxylic acids is 1. The van der Waals surface area contributed by atoms with E-state index in [0.29, 0.717) is 12.6 Å². The second-order valence-electron chi connectivity index (χ2n) is 5.49. The van der Waals surface area contributed by atoms with Crippen LogP contribution in [0.15, 0.2) is 28.3 Å². The highest BCUT2D eigenvalue weighted by molar-refractivity contribution is 9.10. The van der Waals surface area contributed by atoms with Gasteiger partial charge in [-0.2, -0.15) is 0 Å². The highest BCUT2D eigenvalue weighted by atomic mass is 79.9. The molecule has 1 fully saturated rings. The average molecular weight is 396 g/mol. The Morgan fingerprint density at radius 1 is 1.48 bits per heavy atom. The smallest absolute Gasteiger partial charge is 0.316 e. The van der Waals surface area contributed by atoms with E-state index in [-0.39, 0.29) is 12.0 Å². The molecule has 0 N–H and O–H groups in total. The zero-order valence-corrected chi connectivity index (χ0v) is 15.3. The first-order chi connectivity index (χ1) is 11.2. The number of halogens is 1. The molecule has 0 aliphatic carbocycles. The van der Waals surface area contributed by atoms with Crippen molar-refractivity contribution >= 4 is 33.2 Å². The van der Waals surface area contributed by atoms with Gasteiger partial charge < -0.3 is 9.64 Å². The Labute approximate surface area is 147 Å². The topological polar surface area (TPSA) is 55.3 Å².